The van der Waals surface area contributed by atoms with Crippen molar-refractivity contribution in [1.82, 2.24) is 0 Å². The number of hydrogen-bond acceptors (Lipinski definition) is 2. The van der Waals surface area contributed by atoms with Gasteiger partial charge < -0.3 is 10.2 Å². The first kappa shape index (κ1) is 13.8. The van der Waals surface area contributed by atoms with Crippen molar-refractivity contribution in [3.8, 4) is 11.1 Å². The van der Waals surface area contributed by atoms with E-state index in [-0.39, 0.29) is 11.1 Å². The molecule has 0 aliphatic carbocycles. The van der Waals surface area contributed by atoms with Gasteiger partial charge in [-0.1, -0.05) is 43.3 Å². The molecular weight excluding hydrogens is 256 g/mol. The molecule has 0 aromatic heterocycles. The molecule has 0 saturated heterocycles. The molecule has 2 aromatic rings. The summed E-state index contributed by atoms with van der Waals surface area (Å²) in [7, 11) is 0. The van der Waals surface area contributed by atoms with Gasteiger partial charge in [0.25, 0.3) is 0 Å². The molecule has 0 unspecified atom stereocenters. The summed E-state index contributed by atoms with van der Waals surface area (Å²) >= 11 is 0. The maximum Gasteiger partial charge on any atom is 0.337 e. The molecule has 2 rings (SSSR count). The summed E-state index contributed by atoms with van der Waals surface area (Å²) in [5.74, 6) is -2.46. The number of aryl methyl sites for hydroxylation is 1. The maximum absolute atomic E-state index is 11.5. The standard InChI is InChI=1S/C16H14O4/c1-2-10-8-9-12(15(17)18)14(16(19)20)13(10)11-6-4-3-5-7-11/h3-9H,2H2,1H3,(H,17,18)(H,19,20). The van der Waals surface area contributed by atoms with Crippen LogP contribution in [0.2, 0.25) is 0 Å². The van der Waals surface area contributed by atoms with Gasteiger partial charge in [0.2, 0.25) is 0 Å². The lowest BCUT2D eigenvalue weighted by Gasteiger charge is -2.14. The molecule has 2 aromatic carbocycles. The first-order chi connectivity index (χ1) is 9.56. The summed E-state index contributed by atoms with van der Waals surface area (Å²) in [5, 5.41) is 18.6. The Morgan fingerprint density at radius 2 is 1.60 bits per heavy atom. The zero-order valence-corrected chi connectivity index (χ0v) is 11.0. The molecule has 0 saturated carbocycles. The molecule has 102 valence electrons. The molecule has 0 bridgehead atoms. The van der Waals surface area contributed by atoms with Gasteiger partial charge in [0, 0.05) is 5.56 Å². The number of benzene rings is 2. The van der Waals surface area contributed by atoms with Crippen LogP contribution in [-0.2, 0) is 6.42 Å². The van der Waals surface area contributed by atoms with Crippen molar-refractivity contribution in [2.75, 3.05) is 0 Å². The number of hydrogen-bond donors (Lipinski definition) is 2. The number of rotatable bonds is 4. The number of carboxylic acids is 2. The third-order valence-corrected chi connectivity index (χ3v) is 3.18. The highest BCUT2D eigenvalue weighted by atomic mass is 16.4. The van der Waals surface area contributed by atoms with Crippen LogP contribution in [0.3, 0.4) is 0 Å². The molecule has 4 nitrogen and oxygen atoms in total. The Morgan fingerprint density at radius 1 is 0.950 bits per heavy atom. The van der Waals surface area contributed by atoms with Crippen molar-refractivity contribution < 1.29 is 19.8 Å². The Kier molecular flexibility index (Phi) is 3.84. The average Bonchev–Trinajstić information content (AvgIpc) is 2.46. The van der Waals surface area contributed by atoms with Crippen LogP contribution in [0, 0.1) is 0 Å². The lowest BCUT2D eigenvalue weighted by atomic mass is 9.89. The SMILES string of the molecule is CCc1ccc(C(=O)O)c(C(=O)O)c1-c1ccccc1. The minimum absolute atomic E-state index is 0.150. The number of carboxylic acid groups (broad SMARTS) is 2. The van der Waals surface area contributed by atoms with E-state index in [1.807, 2.05) is 13.0 Å². The summed E-state index contributed by atoms with van der Waals surface area (Å²) in [4.78, 5) is 22.8. The highest BCUT2D eigenvalue weighted by molar-refractivity contribution is 6.07. The van der Waals surface area contributed by atoms with E-state index in [0.29, 0.717) is 17.5 Å². The maximum atomic E-state index is 11.5. The van der Waals surface area contributed by atoms with Crippen molar-refractivity contribution in [2.24, 2.45) is 0 Å². The molecule has 2 N–H and O–H groups in total. The fraction of sp³-hybridized carbons (Fsp3) is 0.125. The van der Waals surface area contributed by atoms with Crippen LogP contribution >= 0.6 is 0 Å². The topological polar surface area (TPSA) is 74.6 Å². The summed E-state index contributed by atoms with van der Waals surface area (Å²) in [6, 6.07) is 12.0. The smallest absolute Gasteiger partial charge is 0.337 e. The zero-order valence-electron chi connectivity index (χ0n) is 11.0. The fourth-order valence-electron chi connectivity index (χ4n) is 2.28. The molecule has 0 fully saturated rings. The molecule has 0 radical (unpaired) electrons. The van der Waals surface area contributed by atoms with Crippen molar-refractivity contribution in [3.63, 3.8) is 0 Å². The van der Waals surface area contributed by atoms with Gasteiger partial charge in [0.1, 0.15) is 0 Å². The zero-order chi connectivity index (χ0) is 14.7. The summed E-state index contributed by atoms with van der Waals surface area (Å²) in [6.45, 7) is 1.91. The minimum Gasteiger partial charge on any atom is -0.478 e. The predicted molar refractivity (Wildman–Crippen MR) is 75.2 cm³/mol. The monoisotopic (exact) mass is 270 g/mol. The van der Waals surface area contributed by atoms with E-state index in [2.05, 4.69) is 0 Å². The van der Waals surface area contributed by atoms with Crippen LogP contribution in [0.1, 0.15) is 33.2 Å². The predicted octanol–water partition coefficient (Wildman–Crippen LogP) is 3.31. The van der Waals surface area contributed by atoms with Gasteiger partial charge in [-0.05, 0) is 23.6 Å². The summed E-state index contributed by atoms with van der Waals surface area (Å²) in [6.07, 6.45) is 0.629. The molecule has 0 aliphatic heterocycles. The van der Waals surface area contributed by atoms with Crippen molar-refractivity contribution >= 4 is 11.9 Å². The Bertz CT molecular complexity index is 660. The van der Waals surface area contributed by atoms with Crippen molar-refractivity contribution in [1.29, 1.82) is 0 Å². The van der Waals surface area contributed by atoms with E-state index in [9.17, 15) is 19.8 Å². The second-order valence-electron chi connectivity index (χ2n) is 4.35. The van der Waals surface area contributed by atoms with Gasteiger partial charge >= 0.3 is 11.9 Å². The average molecular weight is 270 g/mol. The largest absolute Gasteiger partial charge is 0.478 e. The Balaban J connectivity index is 2.85. The normalized spacial score (nSPS) is 10.2. The van der Waals surface area contributed by atoms with Gasteiger partial charge in [0.15, 0.2) is 0 Å². The van der Waals surface area contributed by atoms with Crippen molar-refractivity contribution in [3.05, 3.63) is 59.2 Å². The molecule has 20 heavy (non-hydrogen) atoms. The molecule has 0 aliphatic rings. The van der Waals surface area contributed by atoms with Gasteiger partial charge in [0.05, 0.1) is 11.1 Å². The van der Waals surface area contributed by atoms with E-state index in [1.165, 1.54) is 6.07 Å². The molecule has 0 atom stereocenters. The van der Waals surface area contributed by atoms with Crippen LogP contribution in [0.15, 0.2) is 42.5 Å². The van der Waals surface area contributed by atoms with E-state index >= 15 is 0 Å². The van der Waals surface area contributed by atoms with Crippen LogP contribution in [-0.4, -0.2) is 22.2 Å². The summed E-state index contributed by atoms with van der Waals surface area (Å²) < 4.78 is 0. The molecule has 0 amide bonds. The molecule has 4 heteroatoms. The Labute approximate surface area is 116 Å². The van der Waals surface area contributed by atoms with Crippen LogP contribution < -0.4 is 0 Å². The van der Waals surface area contributed by atoms with E-state index in [0.717, 1.165) is 5.56 Å². The van der Waals surface area contributed by atoms with E-state index in [1.54, 1.807) is 30.3 Å². The highest BCUT2D eigenvalue weighted by Crippen LogP contribution is 2.31. The molecule has 0 spiro atoms. The van der Waals surface area contributed by atoms with Gasteiger partial charge in [-0.3, -0.25) is 0 Å². The van der Waals surface area contributed by atoms with Gasteiger partial charge in [-0.15, -0.1) is 0 Å². The third-order valence-electron chi connectivity index (χ3n) is 3.18. The highest BCUT2D eigenvalue weighted by Gasteiger charge is 2.23. The van der Waals surface area contributed by atoms with E-state index in [4.69, 9.17) is 0 Å². The number of aromatic carboxylic acids is 2. The van der Waals surface area contributed by atoms with Crippen LogP contribution in [0.25, 0.3) is 11.1 Å². The Hall–Kier alpha value is -2.62. The molecular formula is C16H14O4. The van der Waals surface area contributed by atoms with Crippen LogP contribution in [0.5, 0.6) is 0 Å². The quantitative estimate of drug-likeness (QED) is 0.893. The Morgan fingerprint density at radius 3 is 2.10 bits per heavy atom. The summed E-state index contributed by atoms with van der Waals surface area (Å²) in [5.41, 5.74) is 1.68. The minimum atomic E-state index is -1.23. The first-order valence-electron chi connectivity index (χ1n) is 6.24. The first-order valence-corrected chi connectivity index (χ1v) is 6.24. The lowest BCUT2D eigenvalue weighted by molar-refractivity contribution is 0.0652. The fourth-order valence-corrected chi connectivity index (χ4v) is 2.28. The van der Waals surface area contributed by atoms with E-state index < -0.39 is 11.9 Å². The van der Waals surface area contributed by atoms with Gasteiger partial charge in [-0.25, -0.2) is 9.59 Å². The second kappa shape index (κ2) is 5.57. The number of carbonyl (C=O) groups is 2. The lowest BCUT2D eigenvalue weighted by Crippen LogP contribution is -2.11. The second-order valence-corrected chi connectivity index (χ2v) is 4.35. The van der Waals surface area contributed by atoms with Crippen LogP contribution in [0.4, 0.5) is 0 Å². The van der Waals surface area contributed by atoms with Crippen molar-refractivity contribution in [2.45, 2.75) is 13.3 Å². The molecule has 0 heterocycles. The third kappa shape index (κ3) is 2.40. The van der Waals surface area contributed by atoms with Gasteiger partial charge in [-0.2, -0.15) is 0 Å².